The molecule has 0 atom stereocenters. The van der Waals surface area contributed by atoms with Gasteiger partial charge in [-0.15, -0.1) is 0 Å². The first kappa shape index (κ1) is 21.6. The van der Waals surface area contributed by atoms with Crippen molar-refractivity contribution in [3.63, 3.8) is 0 Å². The Morgan fingerprint density at radius 2 is 1.74 bits per heavy atom. The monoisotopic (exact) mass is 456 g/mol. The SMILES string of the molecule is NC(=O)c1c(-c2ccc(Nc3c(C4CCCCC4)c(=O)c3=O)cc2)n[nH]c1Nc1ccccn1. The van der Waals surface area contributed by atoms with Crippen molar-refractivity contribution in [2.45, 2.75) is 38.0 Å². The number of aromatic amines is 1. The van der Waals surface area contributed by atoms with E-state index in [0.29, 0.717) is 39.8 Å². The molecule has 172 valence electrons. The molecule has 1 aliphatic rings. The number of rotatable bonds is 7. The molecule has 2 heterocycles. The van der Waals surface area contributed by atoms with Crippen LogP contribution >= 0.6 is 0 Å². The molecule has 2 aromatic heterocycles. The average Bonchev–Trinajstić information content (AvgIpc) is 3.29. The van der Waals surface area contributed by atoms with E-state index in [2.05, 4.69) is 25.8 Å². The van der Waals surface area contributed by atoms with Gasteiger partial charge in [-0.25, -0.2) is 4.98 Å². The molecule has 0 spiro atoms. The van der Waals surface area contributed by atoms with Crippen LogP contribution < -0.4 is 27.2 Å². The minimum Gasteiger partial charge on any atom is -0.365 e. The Kier molecular flexibility index (Phi) is 5.67. The predicted octanol–water partition coefficient (Wildman–Crippen LogP) is 3.70. The lowest BCUT2D eigenvalue weighted by atomic mass is 9.81. The highest BCUT2D eigenvalue weighted by atomic mass is 16.2. The molecule has 0 unspecified atom stereocenters. The maximum atomic E-state index is 12.2. The molecule has 1 aliphatic carbocycles. The standard InChI is InChI=1S/C25H24N6O3/c26-24(34)19-20(30-31-25(19)29-17-8-4-5-13-27-17)15-9-11-16(12-10-15)28-21-18(22(32)23(21)33)14-6-2-1-3-7-14/h4-5,8-14,28H,1-3,6-7H2,(H2,26,34)(H2,27,29,30,31). The molecule has 1 fully saturated rings. The van der Waals surface area contributed by atoms with Crippen molar-refractivity contribution in [2.75, 3.05) is 10.6 Å². The van der Waals surface area contributed by atoms with Gasteiger partial charge in [-0.1, -0.05) is 37.5 Å². The van der Waals surface area contributed by atoms with Crippen LogP contribution in [0.3, 0.4) is 0 Å². The summed E-state index contributed by atoms with van der Waals surface area (Å²) in [6, 6.07) is 12.5. The third-order valence-corrected chi connectivity index (χ3v) is 6.32. The summed E-state index contributed by atoms with van der Waals surface area (Å²) in [5, 5.41) is 13.2. The zero-order valence-corrected chi connectivity index (χ0v) is 18.4. The van der Waals surface area contributed by atoms with Gasteiger partial charge in [0.15, 0.2) is 0 Å². The minimum absolute atomic E-state index is 0.160. The maximum Gasteiger partial charge on any atom is 0.254 e. The number of nitrogens with zero attached hydrogens (tertiary/aromatic N) is 2. The number of carbonyl (C=O) groups excluding carboxylic acids is 1. The molecule has 9 heteroatoms. The van der Waals surface area contributed by atoms with E-state index in [1.54, 1.807) is 42.6 Å². The highest BCUT2D eigenvalue weighted by Gasteiger charge is 2.29. The van der Waals surface area contributed by atoms with Crippen LogP contribution in [0.5, 0.6) is 0 Å². The van der Waals surface area contributed by atoms with Gasteiger partial charge in [-0.3, -0.25) is 19.5 Å². The van der Waals surface area contributed by atoms with Crippen LogP contribution in [0.25, 0.3) is 11.3 Å². The number of primary amides is 1. The second kappa shape index (κ2) is 8.93. The molecule has 0 aliphatic heterocycles. The summed E-state index contributed by atoms with van der Waals surface area (Å²) in [5.41, 5.74) is 7.83. The number of aromatic nitrogens is 3. The third-order valence-electron chi connectivity index (χ3n) is 6.32. The van der Waals surface area contributed by atoms with Crippen LogP contribution in [0, 0.1) is 0 Å². The van der Waals surface area contributed by atoms with Gasteiger partial charge in [-0.2, -0.15) is 5.10 Å². The number of nitrogens with two attached hydrogens (primary N) is 1. The van der Waals surface area contributed by atoms with E-state index >= 15 is 0 Å². The number of H-pyrrole nitrogens is 1. The van der Waals surface area contributed by atoms with Gasteiger partial charge in [0.25, 0.3) is 5.91 Å². The van der Waals surface area contributed by atoms with E-state index in [-0.39, 0.29) is 16.9 Å². The largest absolute Gasteiger partial charge is 0.365 e. The summed E-state index contributed by atoms with van der Waals surface area (Å²) < 4.78 is 0. The smallest absolute Gasteiger partial charge is 0.254 e. The fourth-order valence-corrected chi connectivity index (χ4v) is 4.62. The van der Waals surface area contributed by atoms with Crippen LogP contribution in [0.2, 0.25) is 0 Å². The molecule has 9 nitrogen and oxygen atoms in total. The van der Waals surface area contributed by atoms with Gasteiger partial charge < -0.3 is 16.4 Å². The summed E-state index contributed by atoms with van der Waals surface area (Å²) in [5.74, 6) is 0.420. The lowest BCUT2D eigenvalue weighted by molar-refractivity contribution is 0.100. The van der Waals surface area contributed by atoms with Gasteiger partial charge in [0.05, 0.1) is 5.69 Å². The van der Waals surface area contributed by atoms with Crippen molar-refractivity contribution in [1.82, 2.24) is 15.2 Å². The molecule has 2 aromatic carbocycles. The Balaban J connectivity index is 1.38. The first-order valence-corrected chi connectivity index (χ1v) is 11.3. The number of benzene rings is 1. The summed E-state index contributed by atoms with van der Waals surface area (Å²) in [7, 11) is 0. The van der Waals surface area contributed by atoms with Gasteiger partial charge in [0.2, 0.25) is 10.9 Å². The summed E-state index contributed by atoms with van der Waals surface area (Å²) in [6.45, 7) is 0. The number of pyridine rings is 1. The number of carbonyl (C=O) groups is 1. The molecule has 34 heavy (non-hydrogen) atoms. The van der Waals surface area contributed by atoms with Crippen LogP contribution in [0.4, 0.5) is 23.0 Å². The topological polar surface area (TPSA) is 143 Å². The van der Waals surface area contributed by atoms with Crippen LogP contribution in [0.15, 0.2) is 58.3 Å². The fourth-order valence-electron chi connectivity index (χ4n) is 4.62. The normalized spacial score (nSPS) is 14.2. The van der Waals surface area contributed by atoms with Crippen molar-refractivity contribution >= 4 is 28.9 Å². The number of hydrogen-bond acceptors (Lipinski definition) is 7. The Labute approximate surface area is 195 Å². The lowest BCUT2D eigenvalue weighted by Crippen LogP contribution is -2.39. The Morgan fingerprint density at radius 1 is 0.971 bits per heavy atom. The van der Waals surface area contributed by atoms with E-state index in [9.17, 15) is 14.4 Å². The quantitative estimate of drug-likeness (QED) is 0.311. The van der Waals surface area contributed by atoms with Gasteiger partial charge in [0.1, 0.15) is 22.9 Å². The maximum absolute atomic E-state index is 12.2. The van der Waals surface area contributed by atoms with Crippen LogP contribution in [-0.4, -0.2) is 21.1 Å². The third kappa shape index (κ3) is 3.96. The second-order valence-electron chi connectivity index (χ2n) is 8.51. The molecule has 0 bridgehead atoms. The molecule has 1 saturated carbocycles. The molecule has 5 N–H and O–H groups in total. The van der Waals surface area contributed by atoms with Crippen molar-refractivity contribution in [3.05, 3.63) is 80.2 Å². The molecule has 0 saturated heterocycles. The number of hydrogen-bond donors (Lipinski definition) is 4. The lowest BCUT2D eigenvalue weighted by Gasteiger charge is -2.25. The molecular formula is C25H24N6O3. The zero-order chi connectivity index (χ0) is 23.7. The van der Waals surface area contributed by atoms with Crippen molar-refractivity contribution in [3.8, 4) is 11.3 Å². The van der Waals surface area contributed by atoms with E-state index in [0.717, 1.165) is 25.7 Å². The first-order chi connectivity index (χ1) is 16.5. The molecule has 4 aromatic rings. The van der Waals surface area contributed by atoms with Crippen molar-refractivity contribution in [2.24, 2.45) is 5.73 Å². The highest BCUT2D eigenvalue weighted by molar-refractivity contribution is 6.04. The zero-order valence-electron chi connectivity index (χ0n) is 18.4. The molecule has 5 rings (SSSR count). The molecular weight excluding hydrogens is 432 g/mol. The molecule has 0 radical (unpaired) electrons. The Hall–Kier alpha value is -4.27. The second-order valence-corrected chi connectivity index (χ2v) is 8.51. The van der Waals surface area contributed by atoms with E-state index in [1.807, 2.05) is 6.07 Å². The number of amides is 1. The summed E-state index contributed by atoms with van der Waals surface area (Å²) in [4.78, 5) is 40.8. The van der Waals surface area contributed by atoms with Gasteiger partial charge in [-0.05, 0) is 43.0 Å². The van der Waals surface area contributed by atoms with Gasteiger partial charge >= 0.3 is 0 Å². The molecule has 1 amide bonds. The van der Waals surface area contributed by atoms with Crippen molar-refractivity contribution < 1.29 is 4.79 Å². The Bertz CT molecular complexity index is 1400. The first-order valence-electron chi connectivity index (χ1n) is 11.3. The predicted molar refractivity (Wildman–Crippen MR) is 131 cm³/mol. The highest BCUT2D eigenvalue weighted by Crippen LogP contribution is 2.35. The van der Waals surface area contributed by atoms with Gasteiger partial charge in [0, 0.05) is 23.0 Å². The minimum atomic E-state index is -0.634. The van der Waals surface area contributed by atoms with E-state index < -0.39 is 11.3 Å². The summed E-state index contributed by atoms with van der Waals surface area (Å²) in [6.07, 6.45) is 6.87. The average molecular weight is 457 g/mol. The van der Waals surface area contributed by atoms with Crippen molar-refractivity contribution in [1.29, 1.82) is 0 Å². The van der Waals surface area contributed by atoms with Crippen LogP contribution in [-0.2, 0) is 0 Å². The van der Waals surface area contributed by atoms with Crippen LogP contribution in [0.1, 0.15) is 53.9 Å². The Morgan fingerprint density at radius 3 is 2.41 bits per heavy atom. The number of nitrogens with one attached hydrogen (secondary N) is 3. The fraction of sp³-hybridized carbons (Fsp3) is 0.240. The van der Waals surface area contributed by atoms with E-state index in [1.165, 1.54) is 6.42 Å². The van der Waals surface area contributed by atoms with E-state index in [4.69, 9.17) is 5.73 Å². The number of anilines is 4. The summed E-state index contributed by atoms with van der Waals surface area (Å²) >= 11 is 0.